The summed E-state index contributed by atoms with van der Waals surface area (Å²) in [6.07, 6.45) is 0. The molecular formula is C15H11ClO4. The number of carboxylic acids is 1. The highest BCUT2D eigenvalue weighted by atomic mass is 35.5. The summed E-state index contributed by atoms with van der Waals surface area (Å²) in [5.41, 5.74) is 1.78. The molecule has 0 amide bonds. The van der Waals surface area contributed by atoms with Gasteiger partial charge in [0, 0.05) is 10.6 Å². The first-order valence-corrected chi connectivity index (χ1v) is 6.46. The van der Waals surface area contributed by atoms with Crippen molar-refractivity contribution >= 4 is 17.6 Å². The lowest BCUT2D eigenvalue weighted by molar-refractivity contribution is 0.0697. The third-order valence-corrected chi connectivity index (χ3v) is 3.38. The van der Waals surface area contributed by atoms with Gasteiger partial charge in [0.25, 0.3) is 0 Å². The molecule has 4 nitrogen and oxygen atoms in total. The molecule has 0 bridgehead atoms. The van der Waals surface area contributed by atoms with Crippen LogP contribution in [-0.2, 0) is 0 Å². The van der Waals surface area contributed by atoms with Crippen LogP contribution in [0, 0.1) is 0 Å². The van der Waals surface area contributed by atoms with Crippen LogP contribution in [0.4, 0.5) is 0 Å². The highest BCUT2D eigenvalue weighted by molar-refractivity contribution is 6.33. The molecule has 20 heavy (non-hydrogen) atoms. The lowest BCUT2D eigenvalue weighted by Gasteiger charge is -2.19. The Bertz CT molecular complexity index is 682. The fourth-order valence-electron chi connectivity index (χ4n) is 2.09. The van der Waals surface area contributed by atoms with E-state index in [1.54, 1.807) is 6.07 Å². The molecule has 0 aromatic heterocycles. The van der Waals surface area contributed by atoms with Gasteiger partial charge in [-0.05, 0) is 29.8 Å². The van der Waals surface area contributed by atoms with E-state index in [9.17, 15) is 4.79 Å². The predicted molar refractivity (Wildman–Crippen MR) is 74.8 cm³/mol. The molecule has 0 atom stereocenters. The monoisotopic (exact) mass is 290 g/mol. The van der Waals surface area contributed by atoms with Crippen molar-refractivity contribution in [2.75, 3.05) is 13.2 Å². The summed E-state index contributed by atoms with van der Waals surface area (Å²) in [7, 11) is 0. The Morgan fingerprint density at radius 3 is 2.50 bits per heavy atom. The molecule has 1 aliphatic rings. The summed E-state index contributed by atoms with van der Waals surface area (Å²) in [5, 5.41) is 9.32. The van der Waals surface area contributed by atoms with Crippen molar-refractivity contribution in [3.8, 4) is 22.6 Å². The summed E-state index contributed by atoms with van der Waals surface area (Å²) >= 11 is 6.16. The lowest BCUT2D eigenvalue weighted by Crippen LogP contribution is -2.15. The van der Waals surface area contributed by atoms with Gasteiger partial charge >= 0.3 is 5.97 Å². The molecule has 1 heterocycles. The SMILES string of the molecule is O=C(O)c1ccc(-c2ccc3c(c2)OCCO3)c(Cl)c1. The van der Waals surface area contributed by atoms with Crippen molar-refractivity contribution in [2.24, 2.45) is 0 Å². The Kier molecular flexibility index (Phi) is 3.24. The maximum Gasteiger partial charge on any atom is 0.335 e. The average Bonchev–Trinajstić information content (AvgIpc) is 2.46. The van der Waals surface area contributed by atoms with Gasteiger partial charge in [0.1, 0.15) is 13.2 Å². The van der Waals surface area contributed by atoms with E-state index < -0.39 is 5.97 Å². The van der Waals surface area contributed by atoms with Crippen LogP contribution in [0.1, 0.15) is 10.4 Å². The van der Waals surface area contributed by atoms with Crippen LogP contribution in [-0.4, -0.2) is 24.3 Å². The molecule has 3 rings (SSSR count). The summed E-state index contributed by atoms with van der Waals surface area (Å²) < 4.78 is 11.0. The van der Waals surface area contributed by atoms with Crippen LogP contribution in [0.3, 0.4) is 0 Å². The van der Waals surface area contributed by atoms with Crippen molar-refractivity contribution in [2.45, 2.75) is 0 Å². The molecule has 0 aliphatic carbocycles. The van der Waals surface area contributed by atoms with E-state index in [1.165, 1.54) is 12.1 Å². The van der Waals surface area contributed by atoms with E-state index in [0.29, 0.717) is 29.7 Å². The van der Waals surface area contributed by atoms with E-state index in [-0.39, 0.29) is 5.56 Å². The molecule has 102 valence electrons. The van der Waals surface area contributed by atoms with Crippen molar-refractivity contribution in [1.29, 1.82) is 0 Å². The summed E-state index contributed by atoms with van der Waals surface area (Å²) in [6.45, 7) is 1.06. The quantitative estimate of drug-likeness (QED) is 0.920. The first-order valence-electron chi connectivity index (χ1n) is 6.08. The minimum Gasteiger partial charge on any atom is -0.486 e. The number of aromatic carboxylic acids is 1. The topological polar surface area (TPSA) is 55.8 Å². The molecule has 2 aromatic carbocycles. The second-order valence-electron chi connectivity index (χ2n) is 4.36. The van der Waals surface area contributed by atoms with Gasteiger partial charge in [0.15, 0.2) is 11.5 Å². The summed E-state index contributed by atoms with van der Waals surface area (Å²) in [6, 6.07) is 10.2. The van der Waals surface area contributed by atoms with Crippen LogP contribution >= 0.6 is 11.6 Å². The second-order valence-corrected chi connectivity index (χ2v) is 4.77. The largest absolute Gasteiger partial charge is 0.486 e. The van der Waals surface area contributed by atoms with E-state index in [2.05, 4.69) is 0 Å². The molecule has 0 saturated heterocycles. The van der Waals surface area contributed by atoms with Gasteiger partial charge in [-0.15, -0.1) is 0 Å². The minimum atomic E-state index is -0.999. The van der Waals surface area contributed by atoms with Gasteiger partial charge in [0.05, 0.1) is 5.56 Å². The Balaban J connectivity index is 2.02. The number of hydrogen-bond donors (Lipinski definition) is 1. The van der Waals surface area contributed by atoms with E-state index in [0.717, 1.165) is 11.1 Å². The number of halogens is 1. The molecule has 1 aliphatic heterocycles. The number of rotatable bonds is 2. The normalized spacial score (nSPS) is 13.1. The standard InChI is InChI=1S/C15H11ClO4/c16-12-7-10(15(17)18)1-3-11(12)9-2-4-13-14(8-9)20-6-5-19-13/h1-4,7-8H,5-6H2,(H,17,18). The van der Waals surface area contributed by atoms with Crippen LogP contribution in [0.2, 0.25) is 5.02 Å². The number of carboxylic acid groups (broad SMARTS) is 1. The van der Waals surface area contributed by atoms with E-state index >= 15 is 0 Å². The van der Waals surface area contributed by atoms with Gasteiger partial charge in [-0.1, -0.05) is 23.7 Å². The van der Waals surface area contributed by atoms with Crippen LogP contribution in [0.5, 0.6) is 11.5 Å². The molecule has 0 saturated carbocycles. The third-order valence-electron chi connectivity index (χ3n) is 3.07. The lowest BCUT2D eigenvalue weighted by atomic mass is 10.0. The Labute approximate surface area is 120 Å². The van der Waals surface area contributed by atoms with Crippen LogP contribution in [0.25, 0.3) is 11.1 Å². The highest BCUT2D eigenvalue weighted by Crippen LogP contribution is 2.37. The number of fused-ring (bicyclic) bond motifs is 1. The number of carbonyl (C=O) groups is 1. The zero-order valence-corrected chi connectivity index (χ0v) is 11.2. The minimum absolute atomic E-state index is 0.163. The van der Waals surface area contributed by atoms with Gasteiger partial charge in [-0.25, -0.2) is 4.79 Å². The fourth-order valence-corrected chi connectivity index (χ4v) is 2.38. The van der Waals surface area contributed by atoms with Gasteiger partial charge in [-0.2, -0.15) is 0 Å². The van der Waals surface area contributed by atoms with Crippen LogP contribution < -0.4 is 9.47 Å². The molecular weight excluding hydrogens is 280 g/mol. The third kappa shape index (κ3) is 2.30. The molecule has 5 heteroatoms. The summed E-state index contributed by atoms with van der Waals surface area (Å²) in [4.78, 5) is 10.9. The Morgan fingerprint density at radius 2 is 1.80 bits per heavy atom. The first kappa shape index (κ1) is 12.8. The van der Waals surface area contributed by atoms with Gasteiger partial charge in [0.2, 0.25) is 0 Å². The van der Waals surface area contributed by atoms with Crippen molar-refractivity contribution < 1.29 is 19.4 Å². The van der Waals surface area contributed by atoms with Crippen molar-refractivity contribution in [1.82, 2.24) is 0 Å². The fraction of sp³-hybridized carbons (Fsp3) is 0.133. The number of ether oxygens (including phenoxy) is 2. The molecule has 0 unspecified atom stereocenters. The number of benzene rings is 2. The predicted octanol–water partition coefficient (Wildman–Crippen LogP) is 3.48. The molecule has 1 N–H and O–H groups in total. The van der Waals surface area contributed by atoms with Gasteiger partial charge in [-0.3, -0.25) is 0 Å². The molecule has 0 fully saturated rings. The highest BCUT2D eigenvalue weighted by Gasteiger charge is 2.14. The van der Waals surface area contributed by atoms with E-state index in [4.69, 9.17) is 26.2 Å². The van der Waals surface area contributed by atoms with Crippen molar-refractivity contribution in [3.63, 3.8) is 0 Å². The second kappa shape index (κ2) is 5.06. The van der Waals surface area contributed by atoms with Crippen molar-refractivity contribution in [3.05, 3.63) is 47.0 Å². The molecule has 2 aromatic rings. The molecule has 0 spiro atoms. The first-order chi connectivity index (χ1) is 9.65. The molecule has 0 radical (unpaired) electrons. The van der Waals surface area contributed by atoms with Crippen LogP contribution in [0.15, 0.2) is 36.4 Å². The number of hydrogen-bond acceptors (Lipinski definition) is 3. The Morgan fingerprint density at radius 1 is 1.05 bits per heavy atom. The average molecular weight is 291 g/mol. The van der Waals surface area contributed by atoms with E-state index in [1.807, 2.05) is 18.2 Å². The zero-order valence-electron chi connectivity index (χ0n) is 10.4. The van der Waals surface area contributed by atoms with Gasteiger partial charge < -0.3 is 14.6 Å². The smallest absolute Gasteiger partial charge is 0.335 e. The summed E-state index contributed by atoms with van der Waals surface area (Å²) in [5.74, 6) is 0.381. The zero-order chi connectivity index (χ0) is 14.1. The Hall–Kier alpha value is -2.20. The maximum absolute atomic E-state index is 10.9. The maximum atomic E-state index is 10.9.